The summed E-state index contributed by atoms with van der Waals surface area (Å²) in [7, 11) is 0. The number of thiophene rings is 1. The van der Waals surface area contributed by atoms with Crippen LogP contribution in [0.1, 0.15) is 56.0 Å². The van der Waals surface area contributed by atoms with Crippen molar-refractivity contribution in [2.45, 2.75) is 70.1 Å². The van der Waals surface area contributed by atoms with Gasteiger partial charge in [-0.25, -0.2) is 0 Å². The molecule has 2 aliphatic heterocycles. The van der Waals surface area contributed by atoms with Gasteiger partial charge in [0, 0.05) is 63.4 Å². The zero-order valence-electron chi connectivity index (χ0n) is 23.4. The second kappa shape index (κ2) is 10.8. The first kappa shape index (κ1) is 27.7. The van der Waals surface area contributed by atoms with Crippen molar-refractivity contribution >= 4 is 45.2 Å². The van der Waals surface area contributed by atoms with Gasteiger partial charge in [-0.05, 0) is 84.3 Å². The highest BCUT2D eigenvalue weighted by molar-refractivity contribution is 9.10. The lowest BCUT2D eigenvalue weighted by atomic mass is 9.50. The van der Waals surface area contributed by atoms with E-state index in [1.165, 1.54) is 12.5 Å². The van der Waals surface area contributed by atoms with Crippen LogP contribution in [0, 0.1) is 11.8 Å². The first-order valence-corrected chi connectivity index (χ1v) is 16.0. The number of hydrogen-bond donors (Lipinski definition) is 0. The molecule has 2 bridgehead atoms. The number of rotatable bonds is 8. The lowest BCUT2D eigenvalue weighted by Crippen LogP contribution is -2.69. The van der Waals surface area contributed by atoms with Gasteiger partial charge in [0.25, 0.3) is 0 Å². The summed E-state index contributed by atoms with van der Waals surface area (Å²) in [4.78, 5) is 31.6. The van der Waals surface area contributed by atoms with E-state index in [9.17, 15) is 9.59 Å². The van der Waals surface area contributed by atoms with Gasteiger partial charge < -0.3 is 14.4 Å². The molecule has 40 heavy (non-hydrogen) atoms. The summed E-state index contributed by atoms with van der Waals surface area (Å²) in [6, 6.07) is 6.20. The third-order valence-corrected chi connectivity index (χ3v) is 10.9. The molecule has 6 nitrogen and oxygen atoms in total. The largest absolute Gasteiger partial charge is 0.487 e. The molecule has 8 heteroatoms. The van der Waals surface area contributed by atoms with Gasteiger partial charge in [-0.1, -0.05) is 19.9 Å². The van der Waals surface area contributed by atoms with Gasteiger partial charge in [0.05, 0.1) is 6.04 Å². The fraction of sp³-hybridized carbons (Fsp3) is 0.500. The van der Waals surface area contributed by atoms with Crippen LogP contribution < -0.4 is 9.47 Å². The number of halogens is 1. The summed E-state index contributed by atoms with van der Waals surface area (Å²) in [6.45, 7) is 12.3. The Hall–Kier alpha value is -2.42. The lowest BCUT2D eigenvalue weighted by Gasteiger charge is -2.60. The molecule has 0 N–H and O–H groups in total. The van der Waals surface area contributed by atoms with Crippen molar-refractivity contribution in [3.63, 3.8) is 0 Å². The molecule has 0 radical (unpaired) electrons. The van der Waals surface area contributed by atoms with E-state index in [1.54, 1.807) is 17.4 Å². The number of benzene rings is 1. The zero-order chi connectivity index (χ0) is 28.2. The molecule has 1 spiro atoms. The first-order valence-electron chi connectivity index (χ1n) is 14.3. The quantitative estimate of drug-likeness (QED) is 0.151. The van der Waals surface area contributed by atoms with Gasteiger partial charge in [0.1, 0.15) is 17.6 Å². The standard InChI is InChI=1S/C32H37BrN2O4S/c1-5-13-34-14-12-32-24-7-8-25(35(17-19(2)3)29(37)11-6-22-15-21(33)18-40-22)31(32)39-28-10-9-27(38-20(4)36)23(30(28)32)16-26(24)34/h5-6,9-11,15,18-19,24-26,31H,1,7-8,12-14,16-17H2,2-4H3/b11-6+/t24-,25+,26+,31-,32-/m0/s1. The third kappa shape index (κ3) is 4.56. The topological polar surface area (TPSA) is 59.1 Å². The molecule has 1 saturated heterocycles. The Balaban J connectivity index is 1.41. The highest BCUT2D eigenvalue weighted by Crippen LogP contribution is 2.63. The molecular formula is C32H37BrN2O4S. The van der Waals surface area contributed by atoms with Crippen LogP contribution >= 0.6 is 27.3 Å². The molecule has 2 aromatic rings. The Morgan fingerprint density at radius 3 is 2.88 bits per heavy atom. The van der Waals surface area contributed by atoms with Gasteiger partial charge in [0.15, 0.2) is 0 Å². The molecule has 1 saturated carbocycles. The van der Waals surface area contributed by atoms with Crippen molar-refractivity contribution in [2.24, 2.45) is 11.8 Å². The molecule has 2 fully saturated rings. The average Bonchev–Trinajstić information content (AvgIpc) is 3.48. The van der Waals surface area contributed by atoms with Crippen LogP contribution in [0.2, 0.25) is 0 Å². The molecule has 1 aromatic heterocycles. The number of amides is 1. The molecule has 1 amide bonds. The van der Waals surface area contributed by atoms with E-state index in [0.29, 0.717) is 30.2 Å². The summed E-state index contributed by atoms with van der Waals surface area (Å²) in [5, 5.41) is 2.03. The Labute approximate surface area is 249 Å². The number of hydrogen-bond acceptors (Lipinski definition) is 6. The lowest BCUT2D eigenvalue weighted by molar-refractivity contribution is -0.138. The predicted octanol–water partition coefficient (Wildman–Crippen LogP) is 6.23. The maximum absolute atomic E-state index is 13.9. The van der Waals surface area contributed by atoms with E-state index in [2.05, 4.69) is 46.2 Å². The number of carbonyl (C=O) groups excluding carboxylic acids is 2. The summed E-state index contributed by atoms with van der Waals surface area (Å²) in [5.74, 6) is 2.03. The molecular weight excluding hydrogens is 588 g/mol. The fourth-order valence-electron chi connectivity index (χ4n) is 8.01. The maximum atomic E-state index is 13.9. The second-order valence-corrected chi connectivity index (χ2v) is 13.9. The van der Waals surface area contributed by atoms with Gasteiger partial charge in [-0.15, -0.1) is 17.9 Å². The predicted molar refractivity (Wildman–Crippen MR) is 162 cm³/mol. The molecule has 212 valence electrons. The van der Waals surface area contributed by atoms with E-state index >= 15 is 0 Å². The molecule has 2 aliphatic carbocycles. The average molecular weight is 626 g/mol. The third-order valence-electron chi connectivity index (χ3n) is 9.24. The summed E-state index contributed by atoms with van der Waals surface area (Å²) in [5.41, 5.74) is 2.13. The second-order valence-electron chi connectivity index (χ2n) is 12.0. The van der Waals surface area contributed by atoms with Crippen LogP contribution in [0.4, 0.5) is 0 Å². The van der Waals surface area contributed by atoms with E-state index in [4.69, 9.17) is 9.47 Å². The van der Waals surface area contributed by atoms with Crippen LogP contribution in [0.25, 0.3) is 6.08 Å². The number of ether oxygens (including phenoxy) is 2. The van der Waals surface area contributed by atoms with Crippen LogP contribution in [0.5, 0.6) is 11.5 Å². The van der Waals surface area contributed by atoms with Crippen molar-refractivity contribution in [2.75, 3.05) is 19.6 Å². The number of carbonyl (C=O) groups is 2. The van der Waals surface area contributed by atoms with Crippen LogP contribution in [-0.2, 0) is 21.4 Å². The van der Waals surface area contributed by atoms with Crippen molar-refractivity contribution in [3.8, 4) is 11.5 Å². The van der Waals surface area contributed by atoms with E-state index < -0.39 is 0 Å². The highest BCUT2D eigenvalue weighted by atomic mass is 79.9. The molecule has 0 unspecified atom stereocenters. The Morgan fingerprint density at radius 1 is 1.35 bits per heavy atom. The van der Waals surface area contributed by atoms with Crippen LogP contribution in [0.3, 0.4) is 0 Å². The number of esters is 1. The molecule has 6 rings (SSSR count). The molecule has 1 aromatic carbocycles. The van der Waals surface area contributed by atoms with Crippen molar-refractivity contribution in [3.05, 3.63) is 62.8 Å². The SMILES string of the molecule is C=CCN1CC[C@@]23c4c5ccc(OC(C)=O)c4C[C@@H]1[C@@H]2CC[C@@H](N(CC(C)C)C(=O)/C=C/c1cc(Br)cs1)[C@@H]3O5. The van der Waals surface area contributed by atoms with Gasteiger partial charge >= 0.3 is 5.97 Å². The van der Waals surface area contributed by atoms with Gasteiger partial charge in [-0.3, -0.25) is 14.5 Å². The van der Waals surface area contributed by atoms with Gasteiger partial charge in [0.2, 0.25) is 5.91 Å². The molecule has 3 heterocycles. The summed E-state index contributed by atoms with van der Waals surface area (Å²) >= 11 is 5.12. The normalized spacial score (nSPS) is 28.3. The van der Waals surface area contributed by atoms with Crippen LogP contribution in [0.15, 0.2) is 46.8 Å². The van der Waals surface area contributed by atoms with E-state index in [0.717, 1.165) is 59.4 Å². The highest BCUT2D eigenvalue weighted by Gasteiger charge is 2.66. The minimum Gasteiger partial charge on any atom is -0.487 e. The maximum Gasteiger partial charge on any atom is 0.308 e. The minimum atomic E-state index is -0.306. The fourth-order valence-corrected chi connectivity index (χ4v) is 9.34. The smallest absolute Gasteiger partial charge is 0.308 e. The van der Waals surface area contributed by atoms with E-state index in [1.807, 2.05) is 35.7 Å². The number of nitrogens with zero attached hydrogens (tertiary/aromatic N) is 2. The molecule has 4 aliphatic rings. The van der Waals surface area contributed by atoms with E-state index in [-0.39, 0.29) is 29.4 Å². The van der Waals surface area contributed by atoms with Gasteiger partial charge in [-0.2, -0.15) is 0 Å². The Bertz CT molecular complexity index is 1370. The number of piperidine rings is 1. The minimum absolute atomic E-state index is 0.0343. The van der Waals surface area contributed by atoms with Crippen LogP contribution in [-0.4, -0.2) is 59.5 Å². The monoisotopic (exact) mass is 624 g/mol. The van der Waals surface area contributed by atoms with Crippen molar-refractivity contribution < 1.29 is 19.1 Å². The first-order chi connectivity index (χ1) is 19.2. The summed E-state index contributed by atoms with van der Waals surface area (Å²) < 4.78 is 13.7. The van der Waals surface area contributed by atoms with Crippen molar-refractivity contribution in [1.29, 1.82) is 0 Å². The zero-order valence-corrected chi connectivity index (χ0v) is 25.8. The number of likely N-dealkylation sites (tertiary alicyclic amines) is 1. The Kier molecular flexibility index (Phi) is 7.47. The molecule has 5 atom stereocenters. The van der Waals surface area contributed by atoms with Crippen molar-refractivity contribution in [1.82, 2.24) is 9.80 Å². The summed E-state index contributed by atoms with van der Waals surface area (Å²) in [6.07, 6.45) is 9.24. The Morgan fingerprint density at radius 2 is 2.17 bits per heavy atom.